The van der Waals surface area contributed by atoms with Gasteiger partial charge in [-0.15, -0.1) is 24.8 Å². The molecule has 0 bridgehead atoms. The molecule has 1 aliphatic heterocycles. The van der Waals surface area contributed by atoms with Gasteiger partial charge in [-0.2, -0.15) is 0 Å². The van der Waals surface area contributed by atoms with E-state index in [4.69, 9.17) is 17.3 Å². The zero-order valence-corrected chi connectivity index (χ0v) is 18.2. The maximum Gasteiger partial charge on any atom is 0.240 e. The molecular formula is C20H32Cl3N3O. The first-order chi connectivity index (χ1) is 12.1. The summed E-state index contributed by atoms with van der Waals surface area (Å²) < 4.78 is 0. The number of hydrogen-bond acceptors (Lipinski definition) is 3. The van der Waals surface area contributed by atoms with Crippen LogP contribution in [0.5, 0.6) is 0 Å². The van der Waals surface area contributed by atoms with Crippen LogP contribution in [0, 0.1) is 5.92 Å². The smallest absolute Gasteiger partial charge is 0.240 e. The molecular weight excluding hydrogens is 405 g/mol. The highest BCUT2D eigenvalue weighted by atomic mass is 35.5. The fourth-order valence-corrected chi connectivity index (χ4v) is 4.23. The number of carbonyl (C=O) groups is 1. The number of halogens is 3. The summed E-state index contributed by atoms with van der Waals surface area (Å²) in [5, 5.41) is 3.98. The van der Waals surface area contributed by atoms with Crippen LogP contribution < -0.4 is 11.1 Å². The molecule has 1 amide bonds. The Kier molecular flexibility index (Phi) is 10.4. The van der Waals surface area contributed by atoms with Gasteiger partial charge in [0.2, 0.25) is 5.91 Å². The number of piperidine rings is 1. The van der Waals surface area contributed by atoms with Gasteiger partial charge in [-0.1, -0.05) is 49.1 Å². The van der Waals surface area contributed by atoms with Gasteiger partial charge in [0.05, 0.1) is 5.54 Å². The van der Waals surface area contributed by atoms with E-state index >= 15 is 0 Å². The number of likely N-dealkylation sites (tertiary alicyclic amines) is 1. The molecule has 0 spiro atoms. The molecule has 2 fully saturated rings. The third-order valence-corrected chi connectivity index (χ3v) is 6.18. The summed E-state index contributed by atoms with van der Waals surface area (Å²) in [6.45, 7) is 3.78. The van der Waals surface area contributed by atoms with E-state index in [-0.39, 0.29) is 30.7 Å². The van der Waals surface area contributed by atoms with Crippen LogP contribution in [0.4, 0.5) is 0 Å². The lowest BCUT2D eigenvalue weighted by Crippen LogP contribution is -2.55. The second-order valence-electron chi connectivity index (χ2n) is 7.74. The van der Waals surface area contributed by atoms with Gasteiger partial charge in [0.25, 0.3) is 0 Å². The van der Waals surface area contributed by atoms with Crippen molar-refractivity contribution in [3.63, 3.8) is 0 Å². The molecule has 154 valence electrons. The van der Waals surface area contributed by atoms with Gasteiger partial charge in [-0.05, 0) is 56.3 Å². The van der Waals surface area contributed by atoms with Crippen LogP contribution in [-0.4, -0.2) is 36.0 Å². The lowest BCUT2D eigenvalue weighted by molar-refractivity contribution is -0.127. The number of benzene rings is 1. The van der Waals surface area contributed by atoms with E-state index < -0.39 is 5.54 Å². The maximum atomic E-state index is 12.4. The standard InChI is InChI=1S/C20H30ClN3O.2ClH/c21-18-7-3-2-6-17(18)15-24-12-8-16(9-13-24)14-23-19(25)20(22)10-4-1-5-11-20;;/h2-3,6-7,16H,1,4-5,8-15,22H2,(H,23,25);2*1H. The molecule has 27 heavy (non-hydrogen) atoms. The van der Waals surface area contributed by atoms with Gasteiger partial charge < -0.3 is 11.1 Å². The van der Waals surface area contributed by atoms with Gasteiger partial charge in [-0.25, -0.2) is 0 Å². The predicted molar refractivity (Wildman–Crippen MR) is 117 cm³/mol. The molecule has 0 aromatic heterocycles. The van der Waals surface area contributed by atoms with Crippen LogP contribution in [0.15, 0.2) is 24.3 Å². The average molecular weight is 437 g/mol. The van der Waals surface area contributed by atoms with E-state index in [1.54, 1.807) is 0 Å². The van der Waals surface area contributed by atoms with E-state index in [2.05, 4.69) is 16.3 Å². The molecule has 2 aliphatic rings. The second-order valence-corrected chi connectivity index (χ2v) is 8.14. The number of hydrogen-bond donors (Lipinski definition) is 2. The molecule has 1 saturated heterocycles. The van der Waals surface area contributed by atoms with Crippen molar-refractivity contribution in [2.75, 3.05) is 19.6 Å². The molecule has 0 unspecified atom stereocenters. The molecule has 3 rings (SSSR count). The number of nitrogens with zero attached hydrogens (tertiary/aromatic N) is 1. The normalized spacial score (nSPS) is 20.2. The van der Waals surface area contributed by atoms with E-state index in [0.29, 0.717) is 5.92 Å². The molecule has 1 aromatic carbocycles. The van der Waals surface area contributed by atoms with Crippen molar-refractivity contribution in [1.29, 1.82) is 0 Å². The summed E-state index contributed by atoms with van der Waals surface area (Å²) >= 11 is 6.26. The molecule has 3 N–H and O–H groups in total. The van der Waals surface area contributed by atoms with Crippen LogP contribution >= 0.6 is 36.4 Å². The van der Waals surface area contributed by atoms with Crippen LogP contribution in [0.25, 0.3) is 0 Å². The van der Waals surface area contributed by atoms with E-state index in [1.165, 1.54) is 12.0 Å². The Labute approximate surface area is 180 Å². The first-order valence-corrected chi connectivity index (χ1v) is 9.97. The monoisotopic (exact) mass is 435 g/mol. The van der Waals surface area contributed by atoms with Crippen molar-refractivity contribution in [3.05, 3.63) is 34.9 Å². The maximum absolute atomic E-state index is 12.4. The van der Waals surface area contributed by atoms with Crippen molar-refractivity contribution in [3.8, 4) is 0 Å². The number of amides is 1. The summed E-state index contributed by atoms with van der Waals surface area (Å²) in [6.07, 6.45) is 7.24. The van der Waals surface area contributed by atoms with Gasteiger partial charge >= 0.3 is 0 Å². The minimum absolute atomic E-state index is 0. The third kappa shape index (κ3) is 6.79. The zero-order chi connectivity index (χ0) is 17.7. The molecule has 7 heteroatoms. The summed E-state index contributed by atoms with van der Waals surface area (Å²) in [4.78, 5) is 14.9. The van der Waals surface area contributed by atoms with Crippen molar-refractivity contribution in [1.82, 2.24) is 10.2 Å². The lowest BCUT2D eigenvalue weighted by atomic mass is 9.81. The average Bonchev–Trinajstić information content (AvgIpc) is 2.63. The fourth-order valence-electron chi connectivity index (χ4n) is 4.04. The third-order valence-electron chi connectivity index (χ3n) is 5.81. The minimum atomic E-state index is -0.622. The van der Waals surface area contributed by atoms with E-state index in [9.17, 15) is 4.79 Å². The first-order valence-electron chi connectivity index (χ1n) is 9.60. The second kappa shape index (κ2) is 11.5. The summed E-state index contributed by atoms with van der Waals surface area (Å²) in [5.74, 6) is 0.615. The molecule has 0 atom stereocenters. The molecule has 1 aliphatic carbocycles. The number of rotatable bonds is 5. The summed E-state index contributed by atoms with van der Waals surface area (Å²) in [6, 6.07) is 8.06. The summed E-state index contributed by atoms with van der Waals surface area (Å²) in [7, 11) is 0. The molecule has 1 aromatic rings. The highest BCUT2D eigenvalue weighted by molar-refractivity contribution is 6.31. The van der Waals surface area contributed by atoms with Gasteiger partial charge in [0.1, 0.15) is 0 Å². The quantitative estimate of drug-likeness (QED) is 0.728. The first kappa shape index (κ1) is 24.5. The van der Waals surface area contributed by atoms with Crippen molar-refractivity contribution < 1.29 is 4.79 Å². The highest BCUT2D eigenvalue weighted by Crippen LogP contribution is 2.26. The van der Waals surface area contributed by atoms with Crippen LogP contribution in [-0.2, 0) is 11.3 Å². The van der Waals surface area contributed by atoms with E-state index in [1.807, 2.05) is 18.2 Å². The highest BCUT2D eigenvalue weighted by Gasteiger charge is 2.35. The Morgan fingerprint density at radius 2 is 1.78 bits per heavy atom. The number of carbonyl (C=O) groups excluding carboxylic acids is 1. The van der Waals surface area contributed by atoms with Gasteiger partial charge in [0.15, 0.2) is 0 Å². The fraction of sp³-hybridized carbons (Fsp3) is 0.650. The van der Waals surface area contributed by atoms with Crippen molar-refractivity contribution >= 4 is 42.3 Å². The largest absolute Gasteiger partial charge is 0.354 e. The van der Waals surface area contributed by atoms with Crippen LogP contribution in [0.2, 0.25) is 5.02 Å². The Morgan fingerprint density at radius 3 is 2.41 bits per heavy atom. The van der Waals surface area contributed by atoms with Crippen LogP contribution in [0.3, 0.4) is 0 Å². The van der Waals surface area contributed by atoms with Crippen molar-refractivity contribution in [2.45, 2.75) is 57.0 Å². The van der Waals surface area contributed by atoms with Gasteiger partial charge in [-0.3, -0.25) is 9.69 Å². The number of nitrogens with one attached hydrogen (secondary N) is 1. The Hall–Kier alpha value is -0.520. The molecule has 1 heterocycles. The lowest BCUT2D eigenvalue weighted by Gasteiger charge is -2.34. The van der Waals surface area contributed by atoms with Crippen LogP contribution in [0.1, 0.15) is 50.5 Å². The SMILES string of the molecule is Cl.Cl.NC1(C(=O)NCC2CCN(Cc3ccccc3Cl)CC2)CCCCC1. The van der Waals surface area contributed by atoms with E-state index in [0.717, 1.165) is 69.7 Å². The molecule has 4 nitrogen and oxygen atoms in total. The Morgan fingerprint density at radius 1 is 1.15 bits per heavy atom. The molecule has 1 saturated carbocycles. The Balaban J connectivity index is 0.00000182. The summed E-state index contributed by atoms with van der Waals surface area (Å²) in [5.41, 5.74) is 6.88. The van der Waals surface area contributed by atoms with Crippen molar-refractivity contribution in [2.24, 2.45) is 11.7 Å². The minimum Gasteiger partial charge on any atom is -0.354 e. The molecule has 0 radical (unpaired) electrons. The number of nitrogens with two attached hydrogens (primary N) is 1. The van der Waals surface area contributed by atoms with Gasteiger partial charge in [0, 0.05) is 18.1 Å². The predicted octanol–water partition coefficient (Wildman–Crippen LogP) is 4.17. The Bertz CT molecular complexity index is 586. The topological polar surface area (TPSA) is 58.4 Å². The zero-order valence-electron chi connectivity index (χ0n) is 15.8.